The number of halogens is 1. The maximum absolute atomic E-state index is 13.3. The molecule has 0 aliphatic rings. The lowest BCUT2D eigenvalue weighted by atomic mass is 10.1. The van der Waals surface area contributed by atoms with Crippen molar-refractivity contribution in [3.8, 4) is 0 Å². The third-order valence-electron chi connectivity index (χ3n) is 5.04. The first kappa shape index (κ1) is 24.7. The van der Waals surface area contributed by atoms with Crippen LogP contribution in [0, 0.1) is 13.8 Å². The molecule has 1 N–H and O–H groups in total. The summed E-state index contributed by atoms with van der Waals surface area (Å²) in [5.41, 5.74) is 2.73. The lowest BCUT2D eigenvalue weighted by Crippen LogP contribution is -2.50. The highest BCUT2D eigenvalue weighted by Crippen LogP contribution is 2.28. The van der Waals surface area contributed by atoms with Crippen molar-refractivity contribution >= 4 is 39.1 Å². The number of aryl methyl sites for hydroxylation is 1. The Morgan fingerprint density at radius 1 is 1.13 bits per heavy atom. The normalized spacial score (nSPS) is 12.2. The topological polar surface area (TPSA) is 86.8 Å². The lowest BCUT2D eigenvalue weighted by Gasteiger charge is -2.31. The minimum Gasteiger partial charge on any atom is -0.357 e. The quantitative estimate of drug-likeness (QED) is 0.649. The molecule has 2 aromatic rings. The van der Waals surface area contributed by atoms with E-state index < -0.39 is 28.5 Å². The second kappa shape index (κ2) is 10.2. The molecule has 0 fully saturated rings. The number of nitrogens with zero attached hydrogens (tertiary/aromatic N) is 2. The van der Waals surface area contributed by atoms with Gasteiger partial charge in [-0.25, -0.2) is 8.42 Å². The minimum atomic E-state index is -3.79. The standard InChI is InChI=1S/C22H28ClN3O4S/c1-15-8-6-9-18(12-15)13-25(17(3)22(28)24-4)21(27)14-26(31(5,29)30)20-11-7-10-19(23)16(20)2/h6-12,17H,13-14H2,1-5H3,(H,24,28). The number of amides is 2. The first-order valence-electron chi connectivity index (χ1n) is 9.75. The Bertz CT molecular complexity index is 1070. The van der Waals surface area contributed by atoms with Gasteiger partial charge >= 0.3 is 0 Å². The van der Waals surface area contributed by atoms with E-state index in [1.54, 1.807) is 32.0 Å². The average Bonchev–Trinajstić information content (AvgIpc) is 2.70. The van der Waals surface area contributed by atoms with E-state index in [-0.39, 0.29) is 12.5 Å². The van der Waals surface area contributed by atoms with E-state index in [2.05, 4.69) is 5.32 Å². The zero-order chi connectivity index (χ0) is 23.3. The fraction of sp³-hybridized carbons (Fsp3) is 0.364. The Morgan fingerprint density at radius 2 is 1.77 bits per heavy atom. The highest BCUT2D eigenvalue weighted by atomic mass is 35.5. The highest BCUT2D eigenvalue weighted by Gasteiger charge is 2.30. The summed E-state index contributed by atoms with van der Waals surface area (Å²) in [7, 11) is -2.30. The van der Waals surface area contributed by atoms with Crippen molar-refractivity contribution in [1.29, 1.82) is 0 Å². The van der Waals surface area contributed by atoms with Gasteiger partial charge in [0.05, 0.1) is 11.9 Å². The summed E-state index contributed by atoms with van der Waals surface area (Å²) in [6.45, 7) is 4.96. The van der Waals surface area contributed by atoms with Gasteiger partial charge in [0, 0.05) is 18.6 Å². The molecule has 2 aromatic carbocycles. The van der Waals surface area contributed by atoms with Crippen LogP contribution in [-0.4, -0.2) is 51.0 Å². The summed E-state index contributed by atoms with van der Waals surface area (Å²) >= 11 is 6.17. The van der Waals surface area contributed by atoms with Crippen molar-refractivity contribution < 1.29 is 18.0 Å². The molecule has 9 heteroatoms. The van der Waals surface area contributed by atoms with Crippen molar-refractivity contribution in [2.24, 2.45) is 0 Å². The van der Waals surface area contributed by atoms with Crippen molar-refractivity contribution in [3.63, 3.8) is 0 Å². The van der Waals surface area contributed by atoms with Gasteiger partial charge in [-0.15, -0.1) is 0 Å². The maximum atomic E-state index is 13.3. The van der Waals surface area contributed by atoms with Gasteiger partial charge in [0.1, 0.15) is 12.6 Å². The first-order chi connectivity index (χ1) is 14.5. The van der Waals surface area contributed by atoms with Crippen LogP contribution in [0.1, 0.15) is 23.6 Å². The molecule has 2 amide bonds. The van der Waals surface area contributed by atoms with Gasteiger partial charge in [0.2, 0.25) is 21.8 Å². The Morgan fingerprint density at radius 3 is 2.35 bits per heavy atom. The summed E-state index contributed by atoms with van der Waals surface area (Å²) in [6, 6.07) is 11.7. The lowest BCUT2D eigenvalue weighted by molar-refractivity contribution is -0.139. The largest absolute Gasteiger partial charge is 0.357 e. The molecule has 0 radical (unpaired) electrons. The van der Waals surface area contributed by atoms with E-state index in [0.29, 0.717) is 16.3 Å². The molecule has 0 saturated carbocycles. The van der Waals surface area contributed by atoms with E-state index >= 15 is 0 Å². The molecular weight excluding hydrogens is 438 g/mol. The second-order valence-corrected chi connectivity index (χ2v) is 9.77. The number of sulfonamides is 1. The van der Waals surface area contributed by atoms with Gasteiger partial charge in [0.25, 0.3) is 0 Å². The third-order valence-corrected chi connectivity index (χ3v) is 6.57. The average molecular weight is 466 g/mol. The zero-order valence-corrected chi connectivity index (χ0v) is 19.9. The number of carbonyl (C=O) groups is 2. The second-order valence-electron chi connectivity index (χ2n) is 7.45. The van der Waals surface area contributed by atoms with Gasteiger partial charge in [-0.05, 0) is 44.0 Å². The maximum Gasteiger partial charge on any atom is 0.244 e. The highest BCUT2D eigenvalue weighted by molar-refractivity contribution is 7.92. The predicted octanol–water partition coefficient (Wildman–Crippen LogP) is 2.89. The summed E-state index contributed by atoms with van der Waals surface area (Å²) in [5.74, 6) is -0.840. The Balaban J connectivity index is 2.43. The van der Waals surface area contributed by atoms with Gasteiger partial charge in [0.15, 0.2) is 0 Å². The van der Waals surface area contributed by atoms with Crippen LogP contribution in [-0.2, 0) is 26.2 Å². The number of nitrogens with one attached hydrogen (secondary N) is 1. The molecule has 7 nitrogen and oxygen atoms in total. The Labute approximate surface area is 189 Å². The van der Waals surface area contributed by atoms with Crippen LogP contribution in [0.4, 0.5) is 5.69 Å². The number of hydrogen-bond donors (Lipinski definition) is 1. The van der Waals surface area contributed by atoms with Gasteiger partial charge in [-0.3, -0.25) is 13.9 Å². The zero-order valence-electron chi connectivity index (χ0n) is 18.3. The summed E-state index contributed by atoms with van der Waals surface area (Å²) in [4.78, 5) is 27.0. The fourth-order valence-electron chi connectivity index (χ4n) is 3.26. The van der Waals surface area contributed by atoms with Crippen LogP contribution >= 0.6 is 11.6 Å². The Kier molecular flexibility index (Phi) is 8.08. The smallest absolute Gasteiger partial charge is 0.244 e. The molecule has 0 bridgehead atoms. The number of carbonyl (C=O) groups excluding carboxylic acids is 2. The van der Waals surface area contributed by atoms with Crippen molar-refractivity contribution in [2.45, 2.75) is 33.4 Å². The van der Waals surface area contributed by atoms with E-state index in [4.69, 9.17) is 11.6 Å². The molecule has 168 valence electrons. The summed E-state index contributed by atoms with van der Waals surface area (Å²) < 4.78 is 26.1. The molecule has 1 unspecified atom stereocenters. The van der Waals surface area contributed by atoms with Crippen LogP contribution in [0.25, 0.3) is 0 Å². The van der Waals surface area contributed by atoms with E-state index in [9.17, 15) is 18.0 Å². The number of hydrogen-bond acceptors (Lipinski definition) is 4. The molecule has 0 aromatic heterocycles. The van der Waals surface area contributed by atoms with Gasteiger partial charge in [-0.1, -0.05) is 47.5 Å². The predicted molar refractivity (Wildman–Crippen MR) is 124 cm³/mol. The molecule has 0 aliphatic carbocycles. The van der Waals surface area contributed by atoms with E-state index in [1.807, 2.05) is 31.2 Å². The SMILES string of the molecule is CNC(=O)C(C)N(Cc1cccc(C)c1)C(=O)CN(c1cccc(Cl)c1C)S(C)(=O)=O. The number of anilines is 1. The number of benzene rings is 2. The van der Waals surface area contributed by atoms with Crippen LogP contribution < -0.4 is 9.62 Å². The van der Waals surface area contributed by atoms with Gasteiger partial charge in [-0.2, -0.15) is 0 Å². The van der Waals surface area contributed by atoms with Crippen LogP contribution in [0.5, 0.6) is 0 Å². The van der Waals surface area contributed by atoms with Gasteiger partial charge < -0.3 is 10.2 Å². The monoisotopic (exact) mass is 465 g/mol. The number of rotatable bonds is 8. The van der Waals surface area contributed by atoms with Crippen molar-refractivity contribution in [1.82, 2.24) is 10.2 Å². The van der Waals surface area contributed by atoms with Crippen LogP contribution in [0.3, 0.4) is 0 Å². The molecule has 0 aliphatic heterocycles. The molecule has 2 rings (SSSR count). The summed E-state index contributed by atoms with van der Waals surface area (Å²) in [5, 5.41) is 2.94. The van der Waals surface area contributed by atoms with Crippen LogP contribution in [0.15, 0.2) is 42.5 Å². The minimum absolute atomic E-state index is 0.168. The van der Waals surface area contributed by atoms with E-state index in [1.165, 1.54) is 11.9 Å². The molecule has 0 saturated heterocycles. The Hall–Kier alpha value is -2.58. The molecule has 0 heterocycles. The van der Waals surface area contributed by atoms with Crippen molar-refractivity contribution in [3.05, 3.63) is 64.2 Å². The first-order valence-corrected chi connectivity index (χ1v) is 12.0. The van der Waals surface area contributed by atoms with Crippen LogP contribution in [0.2, 0.25) is 5.02 Å². The molecule has 31 heavy (non-hydrogen) atoms. The van der Waals surface area contributed by atoms with E-state index in [0.717, 1.165) is 21.7 Å². The van der Waals surface area contributed by atoms with Crippen molar-refractivity contribution in [2.75, 3.05) is 24.2 Å². The molecular formula is C22H28ClN3O4S. The summed E-state index contributed by atoms with van der Waals surface area (Å²) in [6.07, 6.45) is 1.04. The fourth-order valence-corrected chi connectivity index (χ4v) is 4.33. The molecule has 0 spiro atoms. The molecule has 1 atom stereocenters. The number of likely N-dealkylation sites (N-methyl/N-ethyl adjacent to an activating group) is 1. The third kappa shape index (κ3) is 6.21.